The van der Waals surface area contributed by atoms with Crippen LogP contribution in [0.5, 0.6) is 5.75 Å². The molecule has 1 N–H and O–H groups in total. The summed E-state index contributed by atoms with van der Waals surface area (Å²) in [5.74, 6) is 1.15. The normalized spacial score (nSPS) is 15.8. The zero-order valence-corrected chi connectivity index (χ0v) is 14.6. The van der Waals surface area contributed by atoms with E-state index in [0.717, 1.165) is 16.9 Å². The Hall–Kier alpha value is -3.08. The fourth-order valence-corrected chi connectivity index (χ4v) is 3.13. The predicted molar refractivity (Wildman–Crippen MR) is 97.8 cm³/mol. The lowest BCUT2D eigenvalue weighted by Gasteiger charge is -2.24. The van der Waals surface area contributed by atoms with Crippen molar-refractivity contribution < 1.29 is 13.9 Å². The molecule has 0 saturated carbocycles. The molecule has 0 spiro atoms. The summed E-state index contributed by atoms with van der Waals surface area (Å²) in [5, 5.41) is 2.97. The van der Waals surface area contributed by atoms with Gasteiger partial charge in [0.25, 0.3) is 0 Å². The fourth-order valence-electron chi connectivity index (χ4n) is 3.13. The minimum Gasteiger partial charge on any atom is -0.493 e. The SMILES string of the molecule is Cc1ccc(-c2nc(CNC(=O)C3CCOc4ccccc43)co2)cc1. The molecule has 0 bridgehead atoms. The van der Waals surface area contributed by atoms with Gasteiger partial charge in [0.1, 0.15) is 12.0 Å². The average Bonchev–Trinajstić information content (AvgIpc) is 3.15. The first-order chi connectivity index (χ1) is 12.7. The van der Waals surface area contributed by atoms with E-state index in [1.165, 1.54) is 5.56 Å². The first kappa shape index (κ1) is 16.4. The summed E-state index contributed by atoms with van der Waals surface area (Å²) in [5.41, 5.74) is 3.75. The molecule has 0 saturated heterocycles. The second-order valence-electron chi connectivity index (χ2n) is 6.46. The number of oxazole rings is 1. The smallest absolute Gasteiger partial charge is 0.228 e. The molecule has 0 fully saturated rings. The third kappa shape index (κ3) is 3.33. The fraction of sp³-hybridized carbons (Fsp3) is 0.238. The molecule has 0 radical (unpaired) electrons. The molecular formula is C21H20N2O3. The van der Waals surface area contributed by atoms with Gasteiger partial charge in [-0.2, -0.15) is 0 Å². The van der Waals surface area contributed by atoms with Crippen molar-refractivity contribution in [3.05, 3.63) is 71.6 Å². The largest absolute Gasteiger partial charge is 0.493 e. The van der Waals surface area contributed by atoms with E-state index >= 15 is 0 Å². The minimum absolute atomic E-state index is 0.0133. The van der Waals surface area contributed by atoms with Crippen LogP contribution in [0.4, 0.5) is 0 Å². The summed E-state index contributed by atoms with van der Waals surface area (Å²) >= 11 is 0. The Kier molecular flexibility index (Phi) is 4.44. The van der Waals surface area contributed by atoms with Gasteiger partial charge in [0, 0.05) is 11.1 Å². The molecule has 1 unspecified atom stereocenters. The average molecular weight is 348 g/mol. The summed E-state index contributed by atoms with van der Waals surface area (Å²) < 4.78 is 11.2. The van der Waals surface area contributed by atoms with Gasteiger partial charge >= 0.3 is 0 Å². The lowest BCUT2D eigenvalue weighted by atomic mass is 9.92. The topological polar surface area (TPSA) is 64.4 Å². The van der Waals surface area contributed by atoms with Crippen LogP contribution in [0.25, 0.3) is 11.5 Å². The number of carbonyl (C=O) groups excluding carboxylic acids is 1. The Balaban J connectivity index is 1.42. The van der Waals surface area contributed by atoms with E-state index < -0.39 is 0 Å². The molecule has 1 aliphatic heterocycles. The number of fused-ring (bicyclic) bond motifs is 1. The van der Waals surface area contributed by atoms with Crippen LogP contribution < -0.4 is 10.1 Å². The highest BCUT2D eigenvalue weighted by molar-refractivity contribution is 5.84. The van der Waals surface area contributed by atoms with Crippen molar-refractivity contribution in [3.63, 3.8) is 0 Å². The van der Waals surface area contributed by atoms with E-state index in [9.17, 15) is 4.79 Å². The third-order valence-electron chi connectivity index (χ3n) is 4.57. The maximum absolute atomic E-state index is 12.6. The highest BCUT2D eigenvalue weighted by Gasteiger charge is 2.27. The maximum Gasteiger partial charge on any atom is 0.228 e. The first-order valence-corrected chi connectivity index (χ1v) is 8.71. The van der Waals surface area contributed by atoms with Crippen LogP contribution in [-0.4, -0.2) is 17.5 Å². The number of nitrogens with zero attached hydrogens (tertiary/aromatic N) is 1. The van der Waals surface area contributed by atoms with Crippen molar-refractivity contribution in [1.29, 1.82) is 0 Å². The van der Waals surface area contributed by atoms with Gasteiger partial charge in [-0.05, 0) is 31.5 Å². The number of para-hydroxylation sites is 1. The van der Waals surface area contributed by atoms with Crippen LogP contribution in [0.2, 0.25) is 0 Å². The minimum atomic E-state index is -0.191. The molecule has 1 aromatic heterocycles. The standard InChI is InChI=1S/C21H20N2O3/c1-14-6-8-15(9-7-14)21-23-16(13-26-21)12-22-20(24)18-10-11-25-19-5-3-2-4-17(18)19/h2-9,13,18H,10-12H2,1H3,(H,22,24). The van der Waals surface area contributed by atoms with Gasteiger partial charge in [-0.25, -0.2) is 4.98 Å². The molecule has 5 heteroatoms. The molecular weight excluding hydrogens is 328 g/mol. The molecule has 2 aromatic carbocycles. The van der Waals surface area contributed by atoms with Gasteiger partial charge in [-0.3, -0.25) is 4.79 Å². The molecule has 4 rings (SSSR count). The molecule has 132 valence electrons. The quantitative estimate of drug-likeness (QED) is 0.778. The highest BCUT2D eigenvalue weighted by atomic mass is 16.5. The first-order valence-electron chi connectivity index (χ1n) is 8.71. The van der Waals surface area contributed by atoms with E-state index in [-0.39, 0.29) is 11.8 Å². The van der Waals surface area contributed by atoms with Gasteiger partial charge in [-0.15, -0.1) is 0 Å². The zero-order chi connectivity index (χ0) is 17.9. The Morgan fingerprint density at radius 3 is 2.85 bits per heavy atom. The number of hydrogen-bond acceptors (Lipinski definition) is 4. The number of amides is 1. The van der Waals surface area contributed by atoms with Gasteiger partial charge < -0.3 is 14.5 Å². The number of aryl methyl sites for hydroxylation is 1. The van der Waals surface area contributed by atoms with Crippen molar-refractivity contribution >= 4 is 5.91 Å². The second kappa shape index (κ2) is 7.04. The van der Waals surface area contributed by atoms with Crippen LogP contribution in [0, 0.1) is 6.92 Å². The van der Waals surface area contributed by atoms with Crippen LogP contribution in [-0.2, 0) is 11.3 Å². The number of benzene rings is 2. The van der Waals surface area contributed by atoms with Crippen LogP contribution >= 0.6 is 0 Å². The van der Waals surface area contributed by atoms with Gasteiger partial charge in [0.2, 0.25) is 11.8 Å². The molecule has 1 atom stereocenters. The van der Waals surface area contributed by atoms with E-state index in [2.05, 4.69) is 10.3 Å². The Bertz CT molecular complexity index is 915. The number of carbonyl (C=O) groups is 1. The predicted octanol–water partition coefficient (Wildman–Crippen LogP) is 3.83. The Morgan fingerprint density at radius 1 is 1.19 bits per heavy atom. The lowest BCUT2D eigenvalue weighted by Crippen LogP contribution is -2.32. The number of rotatable bonds is 4. The van der Waals surface area contributed by atoms with Crippen molar-refractivity contribution in [2.24, 2.45) is 0 Å². The Morgan fingerprint density at radius 2 is 2.00 bits per heavy atom. The van der Waals surface area contributed by atoms with Crippen molar-refractivity contribution in [1.82, 2.24) is 10.3 Å². The van der Waals surface area contributed by atoms with Gasteiger partial charge in [0.15, 0.2) is 0 Å². The number of hydrogen-bond donors (Lipinski definition) is 1. The molecule has 5 nitrogen and oxygen atoms in total. The molecule has 26 heavy (non-hydrogen) atoms. The zero-order valence-electron chi connectivity index (χ0n) is 14.6. The van der Waals surface area contributed by atoms with Gasteiger partial charge in [-0.1, -0.05) is 35.9 Å². The van der Waals surface area contributed by atoms with E-state index in [1.54, 1.807) is 6.26 Å². The lowest BCUT2D eigenvalue weighted by molar-refractivity contribution is -0.123. The summed E-state index contributed by atoms with van der Waals surface area (Å²) in [6.45, 7) is 2.93. The van der Waals surface area contributed by atoms with Crippen molar-refractivity contribution in [3.8, 4) is 17.2 Å². The molecule has 3 aromatic rings. The Labute approximate surface area is 152 Å². The maximum atomic E-state index is 12.6. The van der Waals surface area contributed by atoms with Crippen LogP contribution in [0.1, 0.15) is 29.2 Å². The summed E-state index contributed by atoms with van der Waals surface area (Å²) in [4.78, 5) is 17.1. The van der Waals surface area contributed by atoms with E-state index in [1.807, 2.05) is 55.5 Å². The number of ether oxygens (including phenoxy) is 1. The highest BCUT2D eigenvalue weighted by Crippen LogP contribution is 2.33. The second-order valence-corrected chi connectivity index (χ2v) is 6.46. The van der Waals surface area contributed by atoms with Crippen LogP contribution in [0.15, 0.2) is 59.2 Å². The summed E-state index contributed by atoms with van der Waals surface area (Å²) in [6, 6.07) is 15.7. The van der Waals surface area contributed by atoms with Crippen LogP contribution in [0.3, 0.4) is 0 Å². The summed E-state index contributed by atoms with van der Waals surface area (Å²) in [7, 11) is 0. The third-order valence-corrected chi connectivity index (χ3v) is 4.57. The van der Waals surface area contributed by atoms with Gasteiger partial charge in [0.05, 0.1) is 24.8 Å². The molecule has 1 aliphatic rings. The van der Waals surface area contributed by atoms with Crippen molar-refractivity contribution in [2.75, 3.05) is 6.61 Å². The molecule has 2 heterocycles. The van der Waals surface area contributed by atoms with Crippen molar-refractivity contribution in [2.45, 2.75) is 25.8 Å². The molecule has 0 aliphatic carbocycles. The monoisotopic (exact) mass is 348 g/mol. The number of nitrogens with one attached hydrogen (secondary N) is 1. The molecule has 1 amide bonds. The number of aromatic nitrogens is 1. The van der Waals surface area contributed by atoms with E-state index in [4.69, 9.17) is 9.15 Å². The summed E-state index contributed by atoms with van der Waals surface area (Å²) in [6.07, 6.45) is 2.27. The van der Waals surface area contributed by atoms with E-state index in [0.29, 0.717) is 31.2 Å².